The van der Waals surface area contributed by atoms with Crippen LogP contribution in [-0.4, -0.2) is 33.3 Å². The zero-order valence-electron chi connectivity index (χ0n) is 15.6. The lowest BCUT2D eigenvalue weighted by Gasteiger charge is -2.25. The van der Waals surface area contributed by atoms with Crippen molar-refractivity contribution in [2.45, 2.75) is 32.2 Å². The highest BCUT2D eigenvalue weighted by Gasteiger charge is 2.45. The number of phenolic OH excluding ortho intramolecular Hbond substituents is 1. The molecule has 1 unspecified atom stereocenters. The second-order valence-electron chi connectivity index (χ2n) is 6.80. The number of rotatable bonds is 6. The van der Waals surface area contributed by atoms with Gasteiger partial charge in [-0.3, -0.25) is 9.59 Å². The van der Waals surface area contributed by atoms with Gasteiger partial charge in [0.2, 0.25) is 0 Å². The molecule has 0 spiro atoms. The summed E-state index contributed by atoms with van der Waals surface area (Å²) in [7, 11) is 0. The number of Topliss-reactive ketones (excluding diaryl/α,β-unsaturated/α-hetero) is 1. The van der Waals surface area contributed by atoms with E-state index in [2.05, 4.69) is 0 Å². The van der Waals surface area contributed by atoms with Crippen LogP contribution in [0.4, 0.5) is 4.39 Å². The van der Waals surface area contributed by atoms with Crippen LogP contribution in [0.2, 0.25) is 0 Å². The van der Waals surface area contributed by atoms with E-state index in [-0.39, 0.29) is 22.6 Å². The fourth-order valence-corrected chi connectivity index (χ4v) is 3.41. The Kier molecular flexibility index (Phi) is 5.78. The van der Waals surface area contributed by atoms with E-state index in [0.29, 0.717) is 12.1 Å². The maximum absolute atomic E-state index is 13.2. The molecule has 0 aromatic heterocycles. The van der Waals surface area contributed by atoms with Gasteiger partial charge >= 0.3 is 0 Å². The number of aliphatic hydroxyl groups excluding tert-OH is 1. The Morgan fingerprint density at radius 3 is 2.29 bits per heavy atom. The number of hydrogen-bond acceptors (Lipinski definition) is 4. The van der Waals surface area contributed by atoms with Gasteiger partial charge in [0.05, 0.1) is 11.6 Å². The molecule has 0 bridgehead atoms. The molecule has 1 amide bonds. The summed E-state index contributed by atoms with van der Waals surface area (Å²) in [6.07, 6.45) is 2.60. The van der Waals surface area contributed by atoms with Gasteiger partial charge in [0.15, 0.2) is 0 Å². The van der Waals surface area contributed by atoms with Crippen LogP contribution in [0.25, 0.3) is 5.76 Å². The molecule has 2 aromatic rings. The maximum Gasteiger partial charge on any atom is 0.295 e. The van der Waals surface area contributed by atoms with Crippen LogP contribution < -0.4 is 0 Å². The molecular formula is C22H22FNO4. The molecular weight excluding hydrogens is 361 g/mol. The van der Waals surface area contributed by atoms with Crippen LogP contribution in [-0.2, 0) is 9.59 Å². The standard InChI is InChI=1S/C22H22FNO4/c1-2-3-4-13-24-19(14-7-11-17(25)12-8-14)18(21(27)22(24)28)20(26)15-5-9-16(23)10-6-15/h5-12,19,25-26H,2-4,13H2,1H3/b20-18-. The Morgan fingerprint density at radius 1 is 1.04 bits per heavy atom. The summed E-state index contributed by atoms with van der Waals surface area (Å²) in [5, 5.41) is 20.4. The molecule has 0 saturated carbocycles. The van der Waals surface area contributed by atoms with Gasteiger partial charge in [0.25, 0.3) is 11.7 Å². The Labute approximate surface area is 162 Å². The van der Waals surface area contributed by atoms with Gasteiger partial charge < -0.3 is 15.1 Å². The monoisotopic (exact) mass is 383 g/mol. The Bertz CT molecular complexity index is 903. The average molecular weight is 383 g/mol. The lowest BCUT2D eigenvalue weighted by molar-refractivity contribution is -0.139. The molecule has 1 atom stereocenters. The number of unbranched alkanes of at least 4 members (excludes halogenated alkanes) is 2. The Hall–Kier alpha value is -3.15. The number of carbonyl (C=O) groups excluding carboxylic acids is 2. The minimum absolute atomic E-state index is 0.0289. The molecule has 1 aliphatic rings. The summed E-state index contributed by atoms with van der Waals surface area (Å²) in [6, 6.07) is 10.5. The summed E-state index contributed by atoms with van der Waals surface area (Å²) in [4.78, 5) is 26.9. The second-order valence-corrected chi connectivity index (χ2v) is 6.80. The van der Waals surface area contributed by atoms with Crippen LogP contribution in [0.3, 0.4) is 0 Å². The zero-order chi connectivity index (χ0) is 20.3. The van der Waals surface area contributed by atoms with Crippen molar-refractivity contribution in [2.24, 2.45) is 0 Å². The Morgan fingerprint density at radius 2 is 1.68 bits per heavy atom. The third-order valence-electron chi connectivity index (χ3n) is 4.87. The number of carbonyl (C=O) groups is 2. The molecule has 1 aliphatic heterocycles. The van der Waals surface area contributed by atoms with Crippen molar-refractivity contribution >= 4 is 17.4 Å². The molecule has 28 heavy (non-hydrogen) atoms. The summed E-state index contributed by atoms with van der Waals surface area (Å²) < 4.78 is 13.2. The van der Waals surface area contributed by atoms with Crippen molar-refractivity contribution in [3.05, 3.63) is 71.0 Å². The van der Waals surface area contributed by atoms with Crippen molar-refractivity contribution in [3.63, 3.8) is 0 Å². The molecule has 2 aromatic carbocycles. The summed E-state index contributed by atoms with van der Waals surface area (Å²) in [6.45, 7) is 2.42. The number of halogens is 1. The van der Waals surface area contributed by atoms with Crippen molar-refractivity contribution < 1.29 is 24.2 Å². The molecule has 6 heteroatoms. The topological polar surface area (TPSA) is 77.8 Å². The van der Waals surface area contributed by atoms with E-state index in [1.54, 1.807) is 12.1 Å². The SMILES string of the molecule is CCCCCN1C(=O)C(=O)/C(=C(\O)c2ccc(F)cc2)C1c1ccc(O)cc1. The first kappa shape index (κ1) is 19.6. The summed E-state index contributed by atoms with van der Waals surface area (Å²) in [5.41, 5.74) is 0.840. The fourth-order valence-electron chi connectivity index (χ4n) is 3.41. The van der Waals surface area contributed by atoms with Gasteiger partial charge in [0, 0.05) is 12.1 Å². The molecule has 0 aliphatic carbocycles. The number of aromatic hydroxyl groups is 1. The molecule has 1 heterocycles. The van der Waals surface area contributed by atoms with E-state index < -0.39 is 23.5 Å². The van der Waals surface area contributed by atoms with Crippen molar-refractivity contribution in [3.8, 4) is 5.75 Å². The first-order valence-electron chi connectivity index (χ1n) is 9.27. The van der Waals surface area contributed by atoms with Gasteiger partial charge in [-0.05, 0) is 48.4 Å². The first-order chi connectivity index (χ1) is 13.4. The smallest absolute Gasteiger partial charge is 0.295 e. The molecule has 3 rings (SSSR count). The summed E-state index contributed by atoms with van der Waals surface area (Å²) in [5.74, 6) is -2.18. The molecule has 5 nitrogen and oxygen atoms in total. The van der Waals surface area contributed by atoms with E-state index in [9.17, 15) is 24.2 Å². The van der Waals surface area contributed by atoms with Crippen molar-refractivity contribution in [1.82, 2.24) is 4.90 Å². The second kappa shape index (κ2) is 8.25. The third-order valence-corrected chi connectivity index (χ3v) is 4.87. The maximum atomic E-state index is 13.2. The number of aliphatic hydroxyl groups is 1. The van der Waals surface area contributed by atoms with E-state index in [1.807, 2.05) is 6.92 Å². The van der Waals surface area contributed by atoms with E-state index in [1.165, 1.54) is 41.3 Å². The number of ketones is 1. The fraction of sp³-hybridized carbons (Fsp3) is 0.273. The minimum atomic E-state index is -0.767. The largest absolute Gasteiger partial charge is 0.508 e. The third kappa shape index (κ3) is 3.76. The van der Waals surface area contributed by atoms with Crippen LogP contribution >= 0.6 is 0 Å². The number of phenols is 1. The number of amides is 1. The Balaban J connectivity index is 2.10. The lowest BCUT2D eigenvalue weighted by Crippen LogP contribution is -2.30. The van der Waals surface area contributed by atoms with E-state index in [0.717, 1.165) is 19.3 Å². The van der Waals surface area contributed by atoms with Crippen LogP contribution in [0, 0.1) is 5.82 Å². The van der Waals surface area contributed by atoms with Gasteiger partial charge in [0.1, 0.15) is 17.3 Å². The first-order valence-corrected chi connectivity index (χ1v) is 9.27. The number of nitrogens with zero attached hydrogens (tertiary/aromatic N) is 1. The van der Waals surface area contributed by atoms with Crippen LogP contribution in [0.15, 0.2) is 54.1 Å². The number of benzene rings is 2. The highest BCUT2D eigenvalue weighted by molar-refractivity contribution is 6.46. The zero-order valence-corrected chi connectivity index (χ0v) is 15.6. The van der Waals surface area contributed by atoms with Crippen molar-refractivity contribution in [2.75, 3.05) is 6.54 Å². The van der Waals surface area contributed by atoms with E-state index in [4.69, 9.17) is 0 Å². The van der Waals surface area contributed by atoms with Crippen molar-refractivity contribution in [1.29, 1.82) is 0 Å². The molecule has 0 radical (unpaired) electrons. The minimum Gasteiger partial charge on any atom is -0.508 e. The quantitative estimate of drug-likeness (QED) is 0.340. The molecule has 146 valence electrons. The van der Waals surface area contributed by atoms with Gasteiger partial charge in [-0.25, -0.2) is 4.39 Å². The highest BCUT2D eigenvalue weighted by atomic mass is 19.1. The summed E-state index contributed by atoms with van der Waals surface area (Å²) >= 11 is 0. The van der Waals surface area contributed by atoms with Crippen LogP contribution in [0.1, 0.15) is 43.4 Å². The number of likely N-dealkylation sites (tertiary alicyclic amines) is 1. The number of hydrogen-bond donors (Lipinski definition) is 2. The highest BCUT2D eigenvalue weighted by Crippen LogP contribution is 2.39. The van der Waals surface area contributed by atoms with Gasteiger partial charge in [-0.15, -0.1) is 0 Å². The van der Waals surface area contributed by atoms with Gasteiger partial charge in [-0.1, -0.05) is 31.9 Å². The molecule has 2 N–H and O–H groups in total. The lowest BCUT2D eigenvalue weighted by atomic mass is 9.95. The van der Waals surface area contributed by atoms with Crippen LogP contribution in [0.5, 0.6) is 5.75 Å². The normalized spacial score (nSPS) is 18.6. The van der Waals surface area contributed by atoms with E-state index >= 15 is 0 Å². The molecule has 1 saturated heterocycles. The predicted molar refractivity (Wildman–Crippen MR) is 103 cm³/mol. The average Bonchev–Trinajstić information content (AvgIpc) is 2.94. The molecule has 1 fully saturated rings. The predicted octanol–water partition coefficient (Wildman–Crippen LogP) is 4.14. The van der Waals surface area contributed by atoms with Gasteiger partial charge in [-0.2, -0.15) is 0 Å².